The molecule has 1 aliphatic heterocycles. The molecule has 0 spiro atoms. The Morgan fingerprint density at radius 2 is 1.50 bits per heavy atom. The number of aromatic amines is 1. The number of nitro benzene ring substituents is 1. The molecule has 58 heavy (non-hydrogen) atoms. The monoisotopic (exact) mass is 812 g/mol. The van der Waals surface area contributed by atoms with Crippen molar-refractivity contribution in [2.75, 3.05) is 34.0 Å². The Bertz CT molecular complexity index is 2150. The fourth-order valence-electron chi connectivity index (χ4n) is 7.16. The molecule has 1 aliphatic rings. The summed E-state index contributed by atoms with van der Waals surface area (Å²) >= 11 is 0. The molecule has 306 valence electrons. The number of non-ortho nitro benzene ring substituents is 1. The Hall–Kier alpha value is -5.05. The predicted octanol–water partition coefficient (Wildman–Crippen LogP) is 6.98. The van der Waals surface area contributed by atoms with Crippen molar-refractivity contribution in [1.29, 1.82) is 0 Å². The van der Waals surface area contributed by atoms with Crippen LogP contribution in [0, 0.1) is 10.1 Å². The molecule has 0 bridgehead atoms. The largest absolute Gasteiger partial charge is 0.497 e. The van der Waals surface area contributed by atoms with Crippen LogP contribution in [0.4, 0.5) is 5.69 Å². The molecule has 0 aliphatic carbocycles. The van der Waals surface area contributed by atoms with Crippen LogP contribution in [0.15, 0.2) is 131 Å². The van der Waals surface area contributed by atoms with Gasteiger partial charge in [-0.2, -0.15) is 0 Å². The van der Waals surface area contributed by atoms with Gasteiger partial charge < -0.3 is 28.0 Å². The quantitative estimate of drug-likeness (QED) is 0.0397. The summed E-state index contributed by atoms with van der Waals surface area (Å²) in [5.41, 5.74) is 1.10. The van der Waals surface area contributed by atoms with Gasteiger partial charge in [-0.25, -0.2) is 9.46 Å². The van der Waals surface area contributed by atoms with Gasteiger partial charge in [-0.15, -0.1) is 0 Å². The normalized spacial score (nSPS) is 18.7. The Morgan fingerprint density at radius 3 is 2.03 bits per heavy atom. The predicted molar refractivity (Wildman–Crippen MR) is 220 cm³/mol. The van der Waals surface area contributed by atoms with E-state index in [2.05, 4.69) is 9.65 Å². The lowest BCUT2D eigenvalue weighted by Crippen LogP contribution is -2.42. The van der Waals surface area contributed by atoms with Crippen LogP contribution in [-0.4, -0.2) is 77.5 Å². The molecule has 0 radical (unpaired) electrons. The van der Waals surface area contributed by atoms with Gasteiger partial charge in [-0.3, -0.25) is 24.5 Å². The van der Waals surface area contributed by atoms with Crippen molar-refractivity contribution in [3.8, 4) is 5.75 Å². The van der Waals surface area contributed by atoms with E-state index in [1.165, 1.54) is 36.1 Å². The van der Waals surface area contributed by atoms with Gasteiger partial charge in [0.2, 0.25) is 0 Å². The van der Waals surface area contributed by atoms with Crippen molar-refractivity contribution in [2.24, 2.45) is 0 Å². The average Bonchev–Trinajstić information content (AvgIpc) is 3.58. The molecule has 2 heterocycles. The van der Waals surface area contributed by atoms with Gasteiger partial charge in [0.15, 0.2) is 6.23 Å². The summed E-state index contributed by atoms with van der Waals surface area (Å²) in [6.45, 7) is 6.93. The highest BCUT2D eigenvalue weighted by molar-refractivity contribution is 7.44. The number of aromatic nitrogens is 2. The van der Waals surface area contributed by atoms with Crippen LogP contribution in [0.3, 0.4) is 0 Å². The first kappa shape index (κ1) is 42.6. The Balaban J connectivity index is 1.39. The van der Waals surface area contributed by atoms with Crippen molar-refractivity contribution in [3.05, 3.63) is 175 Å². The number of nitrogens with zero attached hydrogens (tertiary/aromatic N) is 3. The van der Waals surface area contributed by atoms with Gasteiger partial charge in [0.05, 0.1) is 25.2 Å². The Morgan fingerprint density at radius 1 is 0.879 bits per heavy atom. The molecule has 14 nitrogen and oxygen atoms in total. The van der Waals surface area contributed by atoms with Gasteiger partial charge in [-0.05, 0) is 54.7 Å². The molecular formula is C43H49N4O10P. The zero-order chi connectivity index (χ0) is 41.2. The second kappa shape index (κ2) is 19.6. The first-order valence-electron chi connectivity index (χ1n) is 19.1. The average molecular weight is 813 g/mol. The Labute approximate surface area is 338 Å². The van der Waals surface area contributed by atoms with E-state index in [0.29, 0.717) is 18.7 Å². The van der Waals surface area contributed by atoms with E-state index in [4.69, 9.17) is 28.0 Å². The summed E-state index contributed by atoms with van der Waals surface area (Å²) < 4.78 is 42.5. The van der Waals surface area contributed by atoms with Gasteiger partial charge >= 0.3 is 5.69 Å². The van der Waals surface area contributed by atoms with E-state index in [0.717, 1.165) is 22.3 Å². The molecular weight excluding hydrogens is 763 g/mol. The Kier molecular flexibility index (Phi) is 14.4. The zero-order valence-electron chi connectivity index (χ0n) is 33.1. The lowest BCUT2D eigenvalue weighted by atomic mass is 9.80. The SMILES string of the molecule is CCN(C(C)C)P(OCCc1ccc([N+](=O)[O-])cc1)O[C@H]1[C@@H](OC)[C@H](n2ccc(=O)[nH]c2=O)O[C@@H]1COC(c1ccccc1)(c1ccccc1)c1ccc(OC)cc1. The van der Waals surface area contributed by atoms with Gasteiger partial charge in [-0.1, -0.05) is 91.9 Å². The van der Waals surface area contributed by atoms with Crippen LogP contribution in [0.25, 0.3) is 0 Å². The number of hydrogen-bond acceptors (Lipinski definition) is 11. The number of hydrogen-bond donors (Lipinski definition) is 1. The van der Waals surface area contributed by atoms with Crippen molar-refractivity contribution in [1.82, 2.24) is 14.2 Å². The van der Waals surface area contributed by atoms with Crippen LogP contribution in [-0.2, 0) is 35.3 Å². The molecule has 4 aromatic carbocycles. The highest BCUT2D eigenvalue weighted by atomic mass is 31.2. The molecule has 0 amide bonds. The van der Waals surface area contributed by atoms with Crippen LogP contribution in [0.2, 0.25) is 0 Å². The maximum atomic E-state index is 13.3. The number of nitro groups is 1. The lowest BCUT2D eigenvalue weighted by molar-refractivity contribution is -0.384. The van der Waals surface area contributed by atoms with E-state index in [-0.39, 0.29) is 24.9 Å². The van der Waals surface area contributed by atoms with Crippen LogP contribution < -0.4 is 16.0 Å². The summed E-state index contributed by atoms with van der Waals surface area (Å²) in [6.07, 6.45) is -1.67. The number of benzene rings is 4. The molecule has 1 unspecified atom stereocenters. The minimum Gasteiger partial charge on any atom is -0.497 e. The van der Waals surface area contributed by atoms with Crippen molar-refractivity contribution < 1.29 is 32.9 Å². The standard InChI is InChI=1S/C43H49N4O10P/c1-6-46(30(2)3)58(55-28-26-31-17-21-35(22-18-31)47(50)51)57-39-37(56-41(40(39)53-5)45-27-25-38(48)44-42(45)49)29-54-43(32-13-9-7-10-14-32,33-15-11-8-12-16-33)34-19-23-36(52-4)24-20-34/h7-25,27,30,37,39-41H,6,26,28-29H2,1-5H3,(H,44,48,49)/t37-,39-,40-,41-,58?/m1/s1. The van der Waals surface area contributed by atoms with Crippen molar-refractivity contribution in [3.63, 3.8) is 0 Å². The number of rotatable bonds is 19. The first-order valence-corrected chi connectivity index (χ1v) is 20.2. The molecule has 15 heteroatoms. The summed E-state index contributed by atoms with van der Waals surface area (Å²) in [5, 5.41) is 11.2. The zero-order valence-corrected chi connectivity index (χ0v) is 34.0. The molecule has 5 aromatic rings. The van der Waals surface area contributed by atoms with Crippen molar-refractivity contribution in [2.45, 2.75) is 63.4 Å². The van der Waals surface area contributed by atoms with E-state index in [1.54, 1.807) is 19.2 Å². The third-order valence-corrected chi connectivity index (χ3v) is 12.1. The second-order valence-corrected chi connectivity index (χ2v) is 15.4. The lowest BCUT2D eigenvalue weighted by Gasteiger charge is -2.38. The van der Waals surface area contributed by atoms with E-state index in [9.17, 15) is 19.7 Å². The molecule has 6 rings (SSSR count). The molecule has 1 N–H and O–H groups in total. The summed E-state index contributed by atoms with van der Waals surface area (Å²) in [7, 11) is 1.37. The minimum absolute atomic E-state index is 0.0130. The first-order chi connectivity index (χ1) is 28.1. The maximum absolute atomic E-state index is 13.3. The van der Waals surface area contributed by atoms with Gasteiger partial charge in [0.25, 0.3) is 19.8 Å². The van der Waals surface area contributed by atoms with E-state index >= 15 is 0 Å². The summed E-state index contributed by atoms with van der Waals surface area (Å²) in [6, 6.07) is 35.2. The highest BCUT2D eigenvalue weighted by Crippen LogP contribution is 2.50. The smallest absolute Gasteiger partial charge is 0.330 e. The third kappa shape index (κ3) is 9.46. The molecule has 5 atom stereocenters. The van der Waals surface area contributed by atoms with E-state index in [1.807, 2.05) is 106 Å². The molecule has 1 saturated heterocycles. The minimum atomic E-state index is -1.77. The molecule has 0 saturated carbocycles. The van der Waals surface area contributed by atoms with Crippen molar-refractivity contribution >= 4 is 14.2 Å². The van der Waals surface area contributed by atoms with E-state index < -0.39 is 54.8 Å². The third-order valence-electron chi connectivity index (χ3n) is 10.1. The topological polar surface area (TPSA) is 157 Å². The molecule has 1 aromatic heterocycles. The number of ether oxygens (including phenoxy) is 4. The number of H-pyrrole nitrogens is 1. The second-order valence-electron chi connectivity index (χ2n) is 13.9. The highest BCUT2D eigenvalue weighted by Gasteiger charge is 2.51. The van der Waals surface area contributed by atoms with Gasteiger partial charge in [0.1, 0.15) is 29.7 Å². The summed E-state index contributed by atoms with van der Waals surface area (Å²) in [5.74, 6) is 0.691. The van der Waals surface area contributed by atoms with Gasteiger partial charge in [0, 0.05) is 44.1 Å². The fraction of sp³-hybridized carbons (Fsp3) is 0.349. The summed E-state index contributed by atoms with van der Waals surface area (Å²) in [4.78, 5) is 38.5. The van der Waals surface area contributed by atoms with Crippen LogP contribution in [0.5, 0.6) is 5.75 Å². The number of methoxy groups -OCH3 is 2. The fourth-order valence-corrected chi connectivity index (χ4v) is 8.81. The number of nitrogens with one attached hydrogen (secondary N) is 1. The van der Waals surface area contributed by atoms with Crippen LogP contribution >= 0.6 is 8.53 Å². The van der Waals surface area contributed by atoms with Crippen LogP contribution in [0.1, 0.15) is 49.3 Å². The maximum Gasteiger partial charge on any atom is 0.330 e. The molecule has 1 fully saturated rings.